The number of rotatable bonds is 5. The lowest BCUT2D eigenvalue weighted by molar-refractivity contribution is -0.119. The zero-order valence-electron chi connectivity index (χ0n) is 20.6. The van der Waals surface area contributed by atoms with E-state index in [2.05, 4.69) is 26.1 Å². The predicted molar refractivity (Wildman–Crippen MR) is 140 cm³/mol. The predicted octanol–water partition coefficient (Wildman–Crippen LogP) is 3.85. The van der Waals surface area contributed by atoms with Crippen molar-refractivity contribution < 1.29 is 13.9 Å². The normalized spacial score (nSPS) is 17.8. The molecule has 2 aromatic heterocycles. The first-order valence-electron chi connectivity index (χ1n) is 12.5. The van der Waals surface area contributed by atoms with Gasteiger partial charge in [0.2, 0.25) is 5.89 Å². The zero-order chi connectivity index (χ0) is 25.2. The van der Waals surface area contributed by atoms with Gasteiger partial charge >= 0.3 is 0 Å². The van der Waals surface area contributed by atoms with Crippen molar-refractivity contribution >= 4 is 17.2 Å². The van der Waals surface area contributed by atoms with Crippen LogP contribution in [0.15, 0.2) is 76.3 Å². The van der Waals surface area contributed by atoms with Gasteiger partial charge in [0.1, 0.15) is 6.04 Å². The number of ketones is 1. The summed E-state index contributed by atoms with van der Waals surface area (Å²) in [6, 6.07) is 19.4. The van der Waals surface area contributed by atoms with E-state index in [1.54, 1.807) is 6.20 Å². The van der Waals surface area contributed by atoms with Crippen LogP contribution in [0.1, 0.15) is 28.1 Å². The van der Waals surface area contributed by atoms with E-state index in [1.807, 2.05) is 61.5 Å². The number of anilines is 1. The second-order valence-corrected chi connectivity index (χ2v) is 9.34. The Morgan fingerprint density at radius 2 is 1.78 bits per heavy atom. The average molecular weight is 494 g/mol. The summed E-state index contributed by atoms with van der Waals surface area (Å²) in [6.45, 7) is 4.88. The first-order valence-corrected chi connectivity index (χ1v) is 12.5. The molecule has 37 heavy (non-hydrogen) atoms. The summed E-state index contributed by atoms with van der Waals surface area (Å²) in [4.78, 5) is 25.1. The van der Waals surface area contributed by atoms with E-state index in [1.165, 1.54) is 0 Å². The van der Waals surface area contributed by atoms with Gasteiger partial charge in [-0.15, -0.1) is 10.2 Å². The molecule has 1 atom stereocenters. The van der Waals surface area contributed by atoms with Gasteiger partial charge in [0, 0.05) is 36.8 Å². The minimum atomic E-state index is -0.624. The van der Waals surface area contributed by atoms with Crippen molar-refractivity contribution in [2.75, 3.05) is 31.2 Å². The Balaban J connectivity index is 1.32. The monoisotopic (exact) mass is 493 g/mol. The number of Topliss-reactive ketones (excluding diaryl/α,β-unsaturated/α-hetero) is 1. The molecule has 0 amide bonds. The summed E-state index contributed by atoms with van der Waals surface area (Å²) in [5.74, 6) is 0.736. The molecule has 2 aliphatic heterocycles. The minimum absolute atomic E-state index is 0.0283. The number of ether oxygens (including phenoxy) is 1. The number of fused-ring (bicyclic) bond motifs is 1. The fraction of sp³-hybridized carbons (Fsp3) is 0.276. The molecule has 0 aliphatic carbocycles. The van der Waals surface area contributed by atoms with E-state index in [0.717, 1.165) is 46.7 Å². The average Bonchev–Trinajstić information content (AvgIpc) is 3.35. The zero-order valence-corrected chi connectivity index (χ0v) is 20.6. The van der Waals surface area contributed by atoms with Gasteiger partial charge in [0.05, 0.1) is 31.0 Å². The fourth-order valence-corrected chi connectivity index (χ4v) is 4.85. The number of benzene rings is 2. The molecule has 0 unspecified atom stereocenters. The lowest BCUT2D eigenvalue weighted by atomic mass is 9.95. The third-order valence-electron chi connectivity index (χ3n) is 6.73. The van der Waals surface area contributed by atoms with Gasteiger partial charge in [0.15, 0.2) is 11.5 Å². The molecule has 0 radical (unpaired) electrons. The quantitative estimate of drug-likeness (QED) is 0.417. The Bertz CT molecular complexity index is 1460. The molecule has 0 saturated carbocycles. The lowest BCUT2D eigenvalue weighted by Gasteiger charge is -2.29. The van der Waals surface area contributed by atoms with Crippen molar-refractivity contribution in [3.8, 4) is 11.6 Å². The highest BCUT2D eigenvalue weighted by Crippen LogP contribution is 2.30. The molecule has 0 N–H and O–H groups in total. The second kappa shape index (κ2) is 10.1. The van der Waals surface area contributed by atoms with Crippen LogP contribution in [-0.2, 0) is 22.4 Å². The summed E-state index contributed by atoms with van der Waals surface area (Å²) in [5.41, 5.74) is 6.37. The van der Waals surface area contributed by atoms with Crippen molar-refractivity contribution in [3.63, 3.8) is 0 Å². The van der Waals surface area contributed by atoms with Crippen molar-refractivity contribution in [3.05, 3.63) is 95.0 Å². The standard InChI is InChI=1S/C29H27N5O3/c1-19-15-24(34-11-13-36-14-12-34)28(30-18-19)29-33-32-26(37-29)17-23-25(35)16-21-9-5-6-10-22(21)27(31-23)20-7-3-2-4-8-20/h2-10,15,18,23H,11-14,16-17H2,1H3/t23-/m1/s1. The van der Waals surface area contributed by atoms with Crippen LogP contribution >= 0.6 is 0 Å². The first kappa shape index (κ1) is 23.2. The number of pyridine rings is 1. The Labute approximate surface area is 215 Å². The van der Waals surface area contributed by atoms with Gasteiger partial charge in [0.25, 0.3) is 5.89 Å². The molecular formula is C29H27N5O3. The number of hydrogen-bond donors (Lipinski definition) is 0. The molecule has 1 saturated heterocycles. The van der Waals surface area contributed by atoms with Crippen LogP contribution in [0.4, 0.5) is 5.69 Å². The Morgan fingerprint density at radius 1 is 1.00 bits per heavy atom. The van der Waals surface area contributed by atoms with E-state index in [4.69, 9.17) is 14.1 Å². The van der Waals surface area contributed by atoms with Gasteiger partial charge in [-0.25, -0.2) is 4.98 Å². The molecule has 2 aliphatic rings. The SMILES string of the molecule is Cc1cnc(-c2nnc(C[C@H]3N=C(c4ccccc4)c4ccccc4CC3=O)o2)c(N2CCOCC2)c1. The number of aliphatic imine (C=N–C) groups is 1. The van der Waals surface area contributed by atoms with Crippen molar-refractivity contribution in [1.29, 1.82) is 0 Å². The lowest BCUT2D eigenvalue weighted by Crippen LogP contribution is -2.36. The van der Waals surface area contributed by atoms with Crippen LogP contribution in [0.25, 0.3) is 11.6 Å². The Hall–Kier alpha value is -4.17. The molecule has 4 aromatic rings. The molecule has 8 nitrogen and oxygen atoms in total. The van der Waals surface area contributed by atoms with Gasteiger partial charge < -0.3 is 14.1 Å². The van der Waals surface area contributed by atoms with Gasteiger partial charge in [-0.1, -0.05) is 54.6 Å². The van der Waals surface area contributed by atoms with Crippen LogP contribution in [0, 0.1) is 6.92 Å². The summed E-state index contributed by atoms with van der Waals surface area (Å²) in [6.07, 6.45) is 2.34. The number of aromatic nitrogens is 3. The molecule has 0 spiro atoms. The molecule has 2 aromatic carbocycles. The van der Waals surface area contributed by atoms with E-state index in [9.17, 15) is 4.79 Å². The summed E-state index contributed by atoms with van der Waals surface area (Å²) >= 11 is 0. The van der Waals surface area contributed by atoms with Crippen molar-refractivity contribution in [2.45, 2.75) is 25.8 Å². The summed E-state index contributed by atoms with van der Waals surface area (Å²) in [5, 5.41) is 8.59. The largest absolute Gasteiger partial charge is 0.419 e. The summed E-state index contributed by atoms with van der Waals surface area (Å²) < 4.78 is 11.6. The molecule has 186 valence electrons. The Kier molecular flexibility index (Phi) is 6.32. The van der Waals surface area contributed by atoms with Gasteiger partial charge in [-0.05, 0) is 24.1 Å². The number of hydrogen-bond acceptors (Lipinski definition) is 8. The Morgan fingerprint density at radius 3 is 2.62 bits per heavy atom. The number of morpholine rings is 1. The molecule has 0 bridgehead atoms. The second-order valence-electron chi connectivity index (χ2n) is 9.34. The number of carbonyl (C=O) groups excluding carboxylic acids is 1. The molecule has 1 fully saturated rings. The third kappa shape index (κ3) is 4.80. The minimum Gasteiger partial charge on any atom is -0.419 e. The maximum atomic E-state index is 13.3. The third-order valence-corrected chi connectivity index (χ3v) is 6.73. The van der Waals surface area contributed by atoms with E-state index in [0.29, 0.717) is 37.1 Å². The molecule has 6 rings (SSSR count). The highest BCUT2D eigenvalue weighted by atomic mass is 16.5. The van der Waals surface area contributed by atoms with Crippen LogP contribution in [0.3, 0.4) is 0 Å². The fourth-order valence-electron chi connectivity index (χ4n) is 4.85. The van der Waals surface area contributed by atoms with Crippen LogP contribution in [0.2, 0.25) is 0 Å². The maximum absolute atomic E-state index is 13.3. The number of aryl methyl sites for hydroxylation is 1. The van der Waals surface area contributed by atoms with Crippen molar-refractivity contribution in [2.24, 2.45) is 4.99 Å². The number of nitrogens with zero attached hydrogens (tertiary/aromatic N) is 5. The van der Waals surface area contributed by atoms with E-state index >= 15 is 0 Å². The molecule has 8 heteroatoms. The van der Waals surface area contributed by atoms with Crippen molar-refractivity contribution in [1.82, 2.24) is 15.2 Å². The van der Waals surface area contributed by atoms with Gasteiger partial charge in [-0.2, -0.15) is 0 Å². The highest BCUT2D eigenvalue weighted by Gasteiger charge is 2.28. The first-order chi connectivity index (χ1) is 18.2. The smallest absolute Gasteiger partial charge is 0.268 e. The highest BCUT2D eigenvalue weighted by molar-refractivity contribution is 6.16. The molecular weight excluding hydrogens is 466 g/mol. The van der Waals surface area contributed by atoms with Crippen LogP contribution in [0.5, 0.6) is 0 Å². The topological polar surface area (TPSA) is 93.7 Å². The van der Waals surface area contributed by atoms with E-state index < -0.39 is 6.04 Å². The van der Waals surface area contributed by atoms with E-state index in [-0.39, 0.29) is 12.2 Å². The number of carbonyl (C=O) groups is 1. The summed E-state index contributed by atoms with van der Waals surface area (Å²) in [7, 11) is 0. The maximum Gasteiger partial charge on any atom is 0.268 e. The van der Waals surface area contributed by atoms with Gasteiger partial charge in [-0.3, -0.25) is 9.79 Å². The van der Waals surface area contributed by atoms with Crippen LogP contribution < -0.4 is 4.90 Å². The molecule has 4 heterocycles. The van der Waals surface area contributed by atoms with Crippen LogP contribution in [-0.4, -0.2) is 59.0 Å².